The number of carbonyl (C=O) groups excluding carboxylic acids is 1. The second-order valence-corrected chi connectivity index (χ2v) is 4.79. The van der Waals surface area contributed by atoms with E-state index in [1.165, 1.54) is 0 Å². The molecule has 0 saturated carbocycles. The molecule has 1 aromatic rings. The molecule has 2 unspecified atom stereocenters. The summed E-state index contributed by atoms with van der Waals surface area (Å²) in [7, 11) is 1.85. The highest BCUT2D eigenvalue weighted by molar-refractivity contribution is 7.09. The Bertz CT molecular complexity index is 338. The zero-order chi connectivity index (χ0) is 10.8. The molecule has 1 fully saturated rings. The van der Waals surface area contributed by atoms with Crippen LogP contribution in [-0.2, 0) is 4.79 Å². The number of likely N-dealkylation sites (N-methyl/N-ethyl adjacent to an activating group) is 1. The van der Waals surface area contributed by atoms with Gasteiger partial charge in [0.05, 0.1) is 12.1 Å². The molecule has 1 saturated heterocycles. The van der Waals surface area contributed by atoms with E-state index in [-0.39, 0.29) is 18.0 Å². The Hall–Kier alpha value is -0.940. The number of hydrogen-bond acceptors (Lipinski definition) is 4. The standard InChI is InChI=1S/C10H15N3OS/c1-7(9-11-4-6-15-9)12-8-3-5-13(2)10(8)14/h4,6-8,12H,3,5H2,1-2H3. The second kappa shape index (κ2) is 4.28. The van der Waals surface area contributed by atoms with Crippen molar-refractivity contribution in [2.24, 2.45) is 0 Å². The normalized spacial score (nSPS) is 23.5. The summed E-state index contributed by atoms with van der Waals surface area (Å²) in [4.78, 5) is 17.7. The van der Waals surface area contributed by atoms with E-state index in [9.17, 15) is 4.79 Å². The smallest absolute Gasteiger partial charge is 0.239 e. The van der Waals surface area contributed by atoms with E-state index in [2.05, 4.69) is 10.3 Å². The molecule has 0 aliphatic carbocycles. The van der Waals surface area contributed by atoms with Gasteiger partial charge in [-0.25, -0.2) is 4.98 Å². The maximum Gasteiger partial charge on any atom is 0.239 e. The molecule has 1 N–H and O–H groups in total. The Morgan fingerprint density at radius 1 is 1.73 bits per heavy atom. The third-order valence-electron chi connectivity index (χ3n) is 2.70. The molecule has 1 aromatic heterocycles. The molecule has 15 heavy (non-hydrogen) atoms. The fourth-order valence-corrected chi connectivity index (χ4v) is 2.45. The van der Waals surface area contributed by atoms with Gasteiger partial charge in [0.25, 0.3) is 0 Å². The molecule has 0 spiro atoms. The largest absolute Gasteiger partial charge is 0.344 e. The molecular formula is C10H15N3OS. The Kier molecular flexibility index (Phi) is 3.02. The third-order valence-corrected chi connectivity index (χ3v) is 3.66. The Labute approximate surface area is 93.3 Å². The van der Waals surface area contributed by atoms with Gasteiger partial charge in [-0.15, -0.1) is 11.3 Å². The van der Waals surface area contributed by atoms with Crippen LogP contribution in [0.15, 0.2) is 11.6 Å². The first-order valence-electron chi connectivity index (χ1n) is 5.09. The minimum absolute atomic E-state index is 0.0334. The van der Waals surface area contributed by atoms with Gasteiger partial charge in [-0.05, 0) is 13.3 Å². The zero-order valence-corrected chi connectivity index (χ0v) is 9.75. The number of rotatable bonds is 3. The van der Waals surface area contributed by atoms with E-state index >= 15 is 0 Å². The molecule has 0 radical (unpaired) electrons. The molecule has 4 nitrogen and oxygen atoms in total. The summed E-state index contributed by atoms with van der Waals surface area (Å²) in [6.45, 7) is 2.89. The van der Waals surface area contributed by atoms with Crippen LogP contribution in [0.3, 0.4) is 0 Å². The molecule has 2 atom stereocenters. The quantitative estimate of drug-likeness (QED) is 0.835. The van der Waals surface area contributed by atoms with Gasteiger partial charge in [0.2, 0.25) is 5.91 Å². The Morgan fingerprint density at radius 2 is 2.53 bits per heavy atom. The number of aromatic nitrogens is 1. The minimum atomic E-state index is -0.0334. The highest BCUT2D eigenvalue weighted by Gasteiger charge is 2.30. The van der Waals surface area contributed by atoms with Crippen molar-refractivity contribution >= 4 is 17.2 Å². The number of thiazole rings is 1. The first-order chi connectivity index (χ1) is 7.18. The first-order valence-corrected chi connectivity index (χ1v) is 5.97. The van der Waals surface area contributed by atoms with Crippen molar-refractivity contribution in [3.8, 4) is 0 Å². The number of nitrogens with one attached hydrogen (secondary N) is 1. The van der Waals surface area contributed by atoms with Crippen LogP contribution in [0.1, 0.15) is 24.4 Å². The molecule has 1 aliphatic heterocycles. The average Bonchev–Trinajstić information content (AvgIpc) is 2.83. The van der Waals surface area contributed by atoms with Crippen molar-refractivity contribution < 1.29 is 4.79 Å². The fraction of sp³-hybridized carbons (Fsp3) is 0.600. The number of carbonyl (C=O) groups is 1. The maximum atomic E-state index is 11.7. The van der Waals surface area contributed by atoms with Crippen LogP contribution in [0.5, 0.6) is 0 Å². The third kappa shape index (κ3) is 2.18. The summed E-state index contributed by atoms with van der Waals surface area (Å²) in [5.74, 6) is 0.193. The zero-order valence-electron chi connectivity index (χ0n) is 8.93. The van der Waals surface area contributed by atoms with Crippen LogP contribution >= 0.6 is 11.3 Å². The van der Waals surface area contributed by atoms with Gasteiger partial charge in [0, 0.05) is 25.2 Å². The van der Waals surface area contributed by atoms with E-state index in [1.807, 2.05) is 19.4 Å². The van der Waals surface area contributed by atoms with Crippen molar-refractivity contribution in [2.75, 3.05) is 13.6 Å². The van der Waals surface area contributed by atoms with Crippen LogP contribution < -0.4 is 5.32 Å². The lowest BCUT2D eigenvalue weighted by Gasteiger charge is -2.16. The van der Waals surface area contributed by atoms with Crippen LogP contribution in [0.25, 0.3) is 0 Å². The van der Waals surface area contributed by atoms with E-state index in [0.717, 1.165) is 18.0 Å². The summed E-state index contributed by atoms with van der Waals surface area (Å²) in [6.07, 6.45) is 2.69. The van der Waals surface area contributed by atoms with Gasteiger partial charge >= 0.3 is 0 Å². The predicted octanol–water partition coefficient (Wildman–Crippen LogP) is 1.02. The number of hydrogen-bond donors (Lipinski definition) is 1. The Morgan fingerprint density at radius 3 is 3.07 bits per heavy atom. The lowest BCUT2D eigenvalue weighted by Crippen LogP contribution is -2.38. The van der Waals surface area contributed by atoms with E-state index in [1.54, 1.807) is 22.4 Å². The Balaban J connectivity index is 1.95. The van der Waals surface area contributed by atoms with E-state index in [4.69, 9.17) is 0 Å². The van der Waals surface area contributed by atoms with Gasteiger partial charge in [-0.1, -0.05) is 0 Å². The molecule has 1 aliphatic rings. The van der Waals surface area contributed by atoms with Crippen LogP contribution in [0, 0.1) is 0 Å². The molecule has 82 valence electrons. The number of amides is 1. The maximum absolute atomic E-state index is 11.7. The lowest BCUT2D eigenvalue weighted by molar-refractivity contribution is -0.128. The summed E-state index contributed by atoms with van der Waals surface area (Å²) in [6, 6.07) is 0.124. The minimum Gasteiger partial charge on any atom is -0.344 e. The summed E-state index contributed by atoms with van der Waals surface area (Å²) in [5, 5.41) is 6.31. The van der Waals surface area contributed by atoms with Crippen molar-refractivity contribution in [3.05, 3.63) is 16.6 Å². The highest BCUT2D eigenvalue weighted by atomic mass is 32.1. The predicted molar refractivity (Wildman–Crippen MR) is 59.7 cm³/mol. The van der Waals surface area contributed by atoms with Crippen LogP contribution in [0.2, 0.25) is 0 Å². The summed E-state index contributed by atoms with van der Waals surface area (Å²) in [5.41, 5.74) is 0. The molecule has 5 heteroatoms. The summed E-state index contributed by atoms with van der Waals surface area (Å²) < 4.78 is 0. The second-order valence-electron chi connectivity index (χ2n) is 3.86. The monoisotopic (exact) mass is 225 g/mol. The lowest BCUT2D eigenvalue weighted by atomic mass is 10.2. The molecule has 1 amide bonds. The first kappa shape index (κ1) is 10.6. The molecule has 2 rings (SSSR count). The topological polar surface area (TPSA) is 45.2 Å². The fourth-order valence-electron chi connectivity index (χ4n) is 1.80. The molecule has 0 aromatic carbocycles. The van der Waals surface area contributed by atoms with Crippen molar-refractivity contribution in [3.63, 3.8) is 0 Å². The van der Waals surface area contributed by atoms with Gasteiger partial charge in [-0.3, -0.25) is 10.1 Å². The number of likely N-dealkylation sites (tertiary alicyclic amines) is 1. The average molecular weight is 225 g/mol. The SMILES string of the molecule is CC(NC1CCN(C)C1=O)c1nccs1. The highest BCUT2D eigenvalue weighted by Crippen LogP contribution is 2.18. The van der Waals surface area contributed by atoms with E-state index < -0.39 is 0 Å². The van der Waals surface area contributed by atoms with Crippen LogP contribution in [-0.4, -0.2) is 35.4 Å². The van der Waals surface area contributed by atoms with Gasteiger partial charge < -0.3 is 4.90 Å². The summed E-state index contributed by atoms with van der Waals surface area (Å²) >= 11 is 1.62. The molecule has 0 bridgehead atoms. The van der Waals surface area contributed by atoms with Gasteiger partial charge in [-0.2, -0.15) is 0 Å². The van der Waals surface area contributed by atoms with Crippen molar-refractivity contribution in [1.29, 1.82) is 0 Å². The van der Waals surface area contributed by atoms with Crippen molar-refractivity contribution in [2.45, 2.75) is 25.4 Å². The van der Waals surface area contributed by atoms with E-state index in [0.29, 0.717) is 0 Å². The van der Waals surface area contributed by atoms with Gasteiger partial charge in [0.1, 0.15) is 5.01 Å². The molecule has 2 heterocycles. The van der Waals surface area contributed by atoms with Crippen LogP contribution in [0.4, 0.5) is 0 Å². The number of nitrogens with zero attached hydrogens (tertiary/aromatic N) is 2. The molecular weight excluding hydrogens is 210 g/mol. The van der Waals surface area contributed by atoms with Crippen molar-refractivity contribution in [1.82, 2.24) is 15.2 Å². The van der Waals surface area contributed by atoms with Gasteiger partial charge in [0.15, 0.2) is 0 Å².